The number of H-pyrrole nitrogens is 1. The van der Waals surface area contributed by atoms with Crippen LogP contribution < -0.4 is 4.74 Å². The van der Waals surface area contributed by atoms with Gasteiger partial charge in [0.1, 0.15) is 30.8 Å². The van der Waals surface area contributed by atoms with E-state index in [1.54, 1.807) is 18.1 Å². The Morgan fingerprint density at radius 1 is 1.37 bits per heavy atom. The molecule has 0 radical (unpaired) electrons. The summed E-state index contributed by atoms with van der Waals surface area (Å²) in [7, 11) is 1.63. The molecule has 0 saturated carbocycles. The summed E-state index contributed by atoms with van der Waals surface area (Å²) in [5, 5.41) is 11.1. The lowest BCUT2D eigenvalue weighted by Crippen LogP contribution is -2.01. The van der Waals surface area contributed by atoms with Crippen LogP contribution in [0.1, 0.15) is 5.82 Å². The zero-order valence-electron chi connectivity index (χ0n) is 10.3. The van der Waals surface area contributed by atoms with Crippen LogP contribution in [0.25, 0.3) is 11.4 Å². The molecule has 0 fully saturated rings. The third-order valence-corrected chi connectivity index (χ3v) is 2.64. The van der Waals surface area contributed by atoms with E-state index in [9.17, 15) is 0 Å². The molecule has 0 aliphatic heterocycles. The van der Waals surface area contributed by atoms with Crippen molar-refractivity contribution in [3.05, 3.63) is 42.7 Å². The molecular weight excluding hydrogens is 244 g/mol. The Hall–Kier alpha value is -2.70. The minimum Gasteiger partial charge on any atom is -0.497 e. The van der Waals surface area contributed by atoms with Gasteiger partial charge in [-0.3, -0.25) is 5.10 Å². The average Bonchev–Trinajstić information content (AvgIpc) is 3.11. The molecule has 0 unspecified atom stereocenters. The molecule has 3 rings (SSSR count). The number of nitrogens with one attached hydrogen (secondary N) is 1. The number of hydrogen-bond donors (Lipinski definition) is 1. The van der Waals surface area contributed by atoms with Crippen molar-refractivity contribution >= 4 is 0 Å². The lowest BCUT2D eigenvalue weighted by molar-refractivity contribution is 0.415. The Balaban J connectivity index is 1.84. The lowest BCUT2D eigenvalue weighted by atomic mass is 10.2. The molecule has 7 nitrogen and oxygen atoms in total. The minimum atomic E-state index is 0.511. The van der Waals surface area contributed by atoms with Crippen LogP contribution in [0.5, 0.6) is 5.75 Å². The van der Waals surface area contributed by atoms with Gasteiger partial charge in [0.25, 0.3) is 0 Å². The first-order valence-electron chi connectivity index (χ1n) is 5.73. The van der Waals surface area contributed by atoms with Gasteiger partial charge < -0.3 is 4.74 Å². The number of ether oxygens (including phenoxy) is 1. The van der Waals surface area contributed by atoms with Gasteiger partial charge in [0.15, 0.2) is 5.82 Å². The molecule has 0 aliphatic carbocycles. The van der Waals surface area contributed by atoms with Gasteiger partial charge in [-0.05, 0) is 12.1 Å². The Morgan fingerprint density at radius 2 is 2.32 bits per heavy atom. The molecule has 0 spiro atoms. The zero-order valence-corrected chi connectivity index (χ0v) is 10.3. The fourth-order valence-electron chi connectivity index (χ4n) is 1.73. The number of methoxy groups -OCH3 is 1. The van der Waals surface area contributed by atoms with Crippen LogP contribution in [0, 0.1) is 0 Å². The Bertz CT molecular complexity index is 660. The van der Waals surface area contributed by atoms with E-state index >= 15 is 0 Å². The Labute approximate surface area is 109 Å². The number of hydrogen-bond acceptors (Lipinski definition) is 5. The molecule has 0 bridgehead atoms. The van der Waals surface area contributed by atoms with Crippen molar-refractivity contribution in [2.24, 2.45) is 0 Å². The van der Waals surface area contributed by atoms with Crippen molar-refractivity contribution in [2.45, 2.75) is 6.54 Å². The minimum absolute atomic E-state index is 0.511. The van der Waals surface area contributed by atoms with E-state index in [0.29, 0.717) is 12.4 Å². The van der Waals surface area contributed by atoms with E-state index in [1.807, 2.05) is 24.3 Å². The normalized spacial score (nSPS) is 10.6. The summed E-state index contributed by atoms with van der Waals surface area (Å²) < 4.78 is 6.86. The topological polar surface area (TPSA) is 81.5 Å². The SMILES string of the molecule is COc1cccc(-c2n[nH]c(Cn3cncn3)n2)c1. The predicted octanol–water partition coefficient (Wildman–Crippen LogP) is 1.12. The molecule has 0 aliphatic rings. The molecule has 7 heteroatoms. The first-order chi connectivity index (χ1) is 9.35. The fraction of sp³-hybridized carbons (Fsp3) is 0.167. The van der Waals surface area contributed by atoms with Crippen molar-refractivity contribution in [1.82, 2.24) is 29.9 Å². The van der Waals surface area contributed by atoms with Crippen LogP contribution in [0.2, 0.25) is 0 Å². The van der Waals surface area contributed by atoms with Gasteiger partial charge in [-0.2, -0.15) is 10.2 Å². The highest BCUT2D eigenvalue weighted by Crippen LogP contribution is 2.20. The average molecular weight is 256 g/mol. The van der Waals surface area contributed by atoms with E-state index in [1.165, 1.54) is 6.33 Å². The summed E-state index contributed by atoms with van der Waals surface area (Å²) in [5.74, 6) is 2.14. The second-order valence-electron chi connectivity index (χ2n) is 3.93. The summed E-state index contributed by atoms with van der Waals surface area (Å²) in [6.45, 7) is 0.511. The first-order valence-corrected chi connectivity index (χ1v) is 5.73. The van der Waals surface area contributed by atoms with E-state index in [0.717, 1.165) is 17.1 Å². The molecule has 19 heavy (non-hydrogen) atoms. The Morgan fingerprint density at radius 3 is 3.11 bits per heavy atom. The van der Waals surface area contributed by atoms with Crippen LogP contribution in [0.15, 0.2) is 36.9 Å². The standard InChI is InChI=1S/C12H12N6O/c1-19-10-4-2-3-9(5-10)12-15-11(16-17-12)6-18-8-13-7-14-18/h2-5,7-8H,6H2,1H3,(H,15,16,17). The zero-order chi connectivity index (χ0) is 13.1. The number of aromatic amines is 1. The predicted molar refractivity (Wildman–Crippen MR) is 67.5 cm³/mol. The molecule has 0 saturated heterocycles. The van der Waals surface area contributed by atoms with Gasteiger partial charge in [-0.25, -0.2) is 14.6 Å². The molecule has 1 N–H and O–H groups in total. The lowest BCUT2D eigenvalue weighted by Gasteiger charge is -2.00. The number of rotatable bonds is 4. The van der Waals surface area contributed by atoms with Crippen molar-refractivity contribution < 1.29 is 4.74 Å². The van der Waals surface area contributed by atoms with Gasteiger partial charge in [-0.1, -0.05) is 12.1 Å². The maximum atomic E-state index is 5.18. The van der Waals surface area contributed by atoms with Gasteiger partial charge >= 0.3 is 0 Å². The molecule has 1 aromatic carbocycles. The smallest absolute Gasteiger partial charge is 0.181 e. The third-order valence-electron chi connectivity index (χ3n) is 2.64. The molecule has 2 aromatic heterocycles. The van der Waals surface area contributed by atoms with Gasteiger partial charge in [-0.15, -0.1) is 0 Å². The summed E-state index contributed by atoms with van der Waals surface area (Å²) in [4.78, 5) is 8.30. The summed E-state index contributed by atoms with van der Waals surface area (Å²) in [6.07, 6.45) is 3.12. The van der Waals surface area contributed by atoms with Gasteiger partial charge in [0.05, 0.1) is 7.11 Å². The molecule has 2 heterocycles. The quantitative estimate of drug-likeness (QED) is 0.756. The largest absolute Gasteiger partial charge is 0.497 e. The molecule has 96 valence electrons. The van der Waals surface area contributed by atoms with Crippen LogP contribution in [0.4, 0.5) is 0 Å². The molecule has 0 atom stereocenters. The van der Waals surface area contributed by atoms with Crippen LogP contribution in [0.3, 0.4) is 0 Å². The number of benzene rings is 1. The highest BCUT2D eigenvalue weighted by Gasteiger charge is 2.07. The van der Waals surface area contributed by atoms with Crippen LogP contribution in [-0.2, 0) is 6.54 Å². The third kappa shape index (κ3) is 2.44. The maximum Gasteiger partial charge on any atom is 0.181 e. The fourth-order valence-corrected chi connectivity index (χ4v) is 1.73. The summed E-state index contributed by atoms with van der Waals surface area (Å²) >= 11 is 0. The number of aromatic nitrogens is 6. The van der Waals surface area contributed by atoms with E-state index in [4.69, 9.17) is 4.74 Å². The second kappa shape index (κ2) is 4.89. The second-order valence-corrected chi connectivity index (χ2v) is 3.93. The highest BCUT2D eigenvalue weighted by atomic mass is 16.5. The van der Waals surface area contributed by atoms with Gasteiger partial charge in [0.2, 0.25) is 0 Å². The monoisotopic (exact) mass is 256 g/mol. The van der Waals surface area contributed by atoms with E-state index < -0.39 is 0 Å². The van der Waals surface area contributed by atoms with Gasteiger partial charge in [0, 0.05) is 5.56 Å². The van der Waals surface area contributed by atoms with Crippen molar-refractivity contribution in [3.63, 3.8) is 0 Å². The summed E-state index contributed by atoms with van der Waals surface area (Å²) in [5.41, 5.74) is 0.903. The van der Waals surface area contributed by atoms with Crippen LogP contribution in [-0.4, -0.2) is 37.1 Å². The van der Waals surface area contributed by atoms with Crippen molar-refractivity contribution in [1.29, 1.82) is 0 Å². The Kier molecular flexibility index (Phi) is 2.93. The molecular formula is C12H12N6O. The summed E-state index contributed by atoms with van der Waals surface area (Å²) in [6, 6.07) is 7.61. The first kappa shape index (κ1) is 11.4. The number of nitrogens with zero attached hydrogens (tertiary/aromatic N) is 5. The van der Waals surface area contributed by atoms with Crippen molar-refractivity contribution in [2.75, 3.05) is 7.11 Å². The van der Waals surface area contributed by atoms with Crippen LogP contribution >= 0.6 is 0 Å². The maximum absolute atomic E-state index is 5.18. The van der Waals surface area contributed by atoms with E-state index in [-0.39, 0.29) is 0 Å². The molecule has 3 aromatic rings. The van der Waals surface area contributed by atoms with E-state index in [2.05, 4.69) is 25.3 Å². The highest BCUT2D eigenvalue weighted by molar-refractivity contribution is 5.57. The molecule has 0 amide bonds. The van der Waals surface area contributed by atoms with Crippen molar-refractivity contribution in [3.8, 4) is 17.1 Å².